The third-order valence-electron chi connectivity index (χ3n) is 4.24. The Morgan fingerprint density at radius 3 is 2.36 bits per heavy atom. The van der Waals surface area contributed by atoms with Crippen molar-refractivity contribution in [2.24, 2.45) is 0 Å². The van der Waals surface area contributed by atoms with Crippen LogP contribution in [0.1, 0.15) is 27.3 Å². The van der Waals surface area contributed by atoms with E-state index in [2.05, 4.69) is 20.6 Å². The number of carbonyl (C=O) groups excluding carboxylic acids is 1. The van der Waals surface area contributed by atoms with E-state index in [0.29, 0.717) is 36.8 Å². The SMILES string of the molecule is Cc1cc(C(=O)NCCc2ccccc2)nc(NCCc2ccc(F)cc2)n1. The first-order valence-electron chi connectivity index (χ1n) is 9.26. The first-order valence-corrected chi connectivity index (χ1v) is 9.26. The van der Waals surface area contributed by atoms with Crippen molar-refractivity contribution in [3.05, 3.63) is 89.0 Å². The van der Waals surface area contributed by atoms with Crippen molar-refractivity contribution in [1.82, 2.24) is 15.3 Å². The zero-order valence-electron chi connectivity index (χ0n) is 15.8. The molecule has 0 aliphatic carbocycles. The fraction of sp³-hybridized carbons (Fsp3) is 0.227. The van der Waals surface area contributed by atoms with Crippen molar-refractivity contribution in [1.29, 1.82) is 0 Å². The molecule has 2 N–H and O–H groups in total. The molecule has 0 bridgehead atoms. The van der Waals surface area contributed by atoms with Crippen molar-refractivity contribution >= 4 is 11.9 Å². The quantitative estimate of drug-likeness (QED) is 0.629. The molecule has 3 aromatic rings. The zero-order valence-corrected chi connectivity index (χ0v) is 15.8. The molecule has 1 heterocycles. The third-order valence-corrected chi connectivity index (χ3v) is 4.24. The summed E-state index contributed by atoms with van der Waals surface area (Å²) in [5.74, 6) is -0.0556. The Balaban J connectivity index is 1.52. The Labute approximate surface area is 164 Å². The minimum atomic E-state index is -0.248. The first kappa shape index (κ1) is 19.5. The molecule has 0 aliphatic rings. The maximum Gasteiger partial charge on any atom is 0.270 e. The van der Waals surface area contributed by atoms with Crippen LogP contribution in [0.4, 0.5) is 10.3 Å². The van der Waals surface area contributed by atoms with Crippen LogP contribution in [-0.4, -0.2) is 29.0 Å². The van der Waals surface area contributed by atoms with Crippen LogP contribution < -0.4 is 10.6 Å². The minimum Gasteiger partial charge on any atom is -0.354 e. The highest BCUT2D eigenvalue weighted by Gasteiger charge is 2.10. The number of anilines is 1. The number of amides is 1. The van der Waals surface area contributed by atoms with Crippen molar-refractivity contribution in [3.63, 3.8) is 0 Å². The minimum absolute atomic E-state index is 0.219. The molecular weight excluding hydrogens is 355 g/mol. The van der Waals surface area contributed by atoms with E-state index < -0.39 is 0 Å². The average Bonchev–Trinajstić information content (AvgIpc) is 2.70. The molecule has 1 aromatic heterocycles. The summed E-state index contributed by atoms with van der Waals surface area (Å²) in [6.07, 6.45) is 1.47. The number of halogens is 1. The number of aromatic nitrogens is 2. The Hall–Kier alpha value is -3.28. The summed E-state index contributed by atoms with van der Waals surface area (Å²) in [6, 6.07) is 18.0. The van der Waals surface area contributed by atoms with Gasteiger partial charge in [0.25, 0.3) is 5.91 Å². The van der Waals surface area contributed by atoms with E-state index in [-0.39, 0.29) is 11.7 Å². The molecule has 0 atom stereocenters. The molecule has 0 fully saturated rings. The molecule has 3 rings (SSSR count). The van der Waals surface area contributed by atoms with Crippen molar-refractivity contribution in [2.45, 2.75) is 19.8 Å². The highest BCUT2D eigenvalue weighted by atomic mass is 19.1. The van der Waals surface area contributed by atoms with Crippen LogP contribution in [0.3, 0.4) is 0 Å². The average molecular weight is 378 g/mol. The number of benzene rings is 2. The second kappa shape index (κ2) is 9.60. The molecule has 0 saturated heterocycles. The number of nitrogens with one attached hydrogen (secondary N) is 2. The number of rotatable bonds is 8. The molecule has 144 valence electrons. The summed E-state index contributed by atoms with van der Waals surface area (Å²) < 4.78 is 12.9. The summed E-state index contributed by atoms with van der Waals surface area (Å²) in [4.78, 5) is 21.0. The van der Waals surface area contributed by atoms with Crippen molar-refractivity contribution < 1.29 is 9.18 Å². The van der Waals surface area contributed by atoms with Gasteiger partial charge in [0.2, 0.25) is 5.95 Å². The molecule has 28 heavy (non-hydrogen) atoms. The molecule has 0 radical (unpaired) electrons. The van der Waals surface area contributed by atoms with Gasteiger partial charge in [-0.25, -0.2) is 14.4 Å². The van der Waals surface area contributed by atoms with E-state index in [1.165, 1.54) is 17.7 Å². The van der Waals surface area contributed by atoms with Gasteiger partial charge >= 0.3 is 0 Å². The monoisotopic (exact) mass is 378 g/mol. The van der Waals surface area contributed by atoms with Gasteiger partial charge in [0.1, 0.15) is 11.5 Å². The Bertz CT molecular complexity index is 914. The van der Waals surface area contributed by atoms with Gasteiger partial charge in [-0.15, -0.1) is 0 Å². The molecule has 1 amide bonds. The summed E-state index contributed by atoms with van der Waals surface area (Å²) in [5.41, 5.74) is 3.24. The summed E-state index contributed by atoms with van der Waals surface area (Å²) >= 11 is 0. The standard InChI is InChI=1S/C22H23FN4O/c1-16-15-20(21(28)24-13-11-17-5-3-2-4-6-17)27-22(26-16)25-14-12-18-7-9-19(23)10-8-18/h2-10,15H,11-14H2,1H3,(H,24,28)(H,25,26,27). The predicted molar refractivity (Wildman–Crippen MR) is 108 cm³/mol. The molecule has 5 nitrogen and oxygen atoms in total. The summed E-state index contributed by atoms with van der Waals surface area (Å²) in [7, 11) is 0. The van der Waals surface area contributed by atoms with Gasteiger partial charge in [-0.2, -0.15) is 0 Å². The third kappa shape index (κ3) is 5.87. The Morgan fingerprint density at radius 1 is 0.929 bits per heavy atom. The van der Waals surface area contributed by atoms with Gasteiger partial charge in [-0.1, -0.05) is 42.5 Å². The molecule has 2 aromatic carbocycles. The molecule has 0 aliphatic heterocycles. The van der Waals surface area contributed by atoms with E-state index in [9.17, 15) is 9.18 Å². The van der Waals surface area contributed by atoms with Gasteiger partial charge < -0.3 is 10.6 Å². The number of hydrogen-bond donors (Lipinski definition) is 2. The molecular formula is C22H23FN4O. The molecule has 0 spiro atoms. The first-order chi connectivity index (χ1) is 13.6. The van der Waals surface area contributed by atoms with Crippen LogP contribution in [0.15, 0.2) is 60.7 Å². The van der Waals surface area contributed by atoms with E-state index >= 15 is 0 Å². The van der Waals surface area contributed by atoms with Crippen LogP contribution in [-0.2, 0) is 12.8 Å². The number of nitrogens with zero attached hydrogens (tertiary/aromatic N) is 2. The Morgan fingerprint density at radius 2 is 1.61 bits per heavy atom. The van der Waals surface area contributed by atoms with E-state index in [1.54, 1.807) is 18.2 Å². The van der Waals surface area contributed by atoms with Crippen molar-refractivity contribution in [2.75, 3.05) is 18.4 Å². The van der Waals surface area contributed by atoms with Gasteiger partial charge in [0.05, 0.1) is 0 Å². The van der Waals surface area contributed by atoms with Gasteiger partial charge in [-0.3, -0.25) is 4.79 Å². The van der Waals surface area contributed by atoms with E-state index in [4.69, 9.17) is 0 Å². The second-order valence-electron chi connectivity index (χ2n) is 6.51. The van der Waals surface area contributed by atoms with Crippen LogP contribution in [0.2, 0.25) is 0 Å². The molecule has 0 unspecified atom stereocenters. The lowest BCUT2D eigenvalue weighted by Crippen LogP contribution is -2.27. The fourth-order valence-corrected chi connectivity index (χ4v) is 2.79. The van der Waals surface area contributed by atoms with Crippen LogP contribution in [0.5, 0.6) is 0 Å². The number of aryl methyl sites for hydroxylation is 1. The highest BCUT2D eigenvalue weighted by Crippen LogP contribution is 2.07. The second-order valence-corrected chi connectivity index (χ2v) is 6.51. The largest absolute Gasteiger partial charge is 0.354 e. The van der Waals surface area contributed by atoms with Crippen molar-refractivity contribution in [3.8, 4) is 0 Å². The smallest absolute Gasteiger partial charge is 0.270 e. The van der Waals surface area contributed by atoms with E-state index in [0.717, 1.165) is 12.0 Å². The van der Waals surface area contributed by atoms with Gasteiger partial charge in [0, 0.05) is 18.8 Å². The summed E-state index contributed by atoms with van der Waals surface area (Å²) in [5, 5.41) is 6.03. The molecule has 0 saturated carbocycles. The zero-order chi connectivity index (χ0) is 19.8. The molecule has 6 heteroatoms. The number of hydrogen-bond acceptors (Lipinski definition) is 4. The fourth-order valence-electron chi connectivity index (χ4n) is 2.79. The van der Waals surface area contributed by atoms with E-state index in [1.807, 2.05) is 37.3 Å². The van der Waals surface area contributed by atoms with Crippen LogP contribution >= 0.6 is 0 Å². The lowest BCUT2D eigenvalue weighted by atomic mass is 10.1. The topological polar surface area (TPSA) is 66.9 Å². The maximum atomic E-state index is 12.9. The predicted octanol–water partition coefficient (Wildman–Crippen LogP) is 3.55. The lowest BCUT2D eigenvalue weighted by Gasteiger charge is -2.09. The van der Waals surface area contributed by atoms with Gasteiger partial charge in [0.15, 0.2) is 0 Å². The maximum absolute atomic E-state index is 12.9. The highest BCUT2D eigenvalue weighted by molar-refractivity contribution is 5.92. The Kier molecular flexibility index (Phi) is 6.68. The normalized spacial score (nSPS) is 10.5. The van der Waals surface area contributed by atoms with Gasteiger partial charge in [-0.05, 0) is 49.1 Å². The lowest BCUT2D eigenvalue weighted by molar-refractivity contribution is 0.0949. The van der Waals surface area contributed by atoms with Crippen LogP contribution in [0, 0.1) is 12.7 Å². The number of carbonyl (C=O) groups is 1. The van der Waals surface area contributed by atoms with Crippen LogP contribution in [0.25, 0.3) is 0 Å². The summed E-state index contributed by atoms with van der Waals surface area (Å²) in [6.45, 7) is 2.96.